The monoisotopic (exact) mass is 481 g/mol. The Bertz CT molecular complexity index is 940. The van der Waals surface area contributed by atoms with Gasteiger partial charge in [0, 0.05) is 23.9 Å². The lowest BCUT2D eigenvalue weighted by Gasteiger charge is -2.59. The number of carbonyl (C=O) groups is 1. The van der Waals surface area contributed by atoms with Gasteiger partial charge < -0.3 is 9.26 Å². The predicted molar refractivity (Wildman–Crippen MR) is 139 cm³/mol. The van der Waals surface area contributed by atoms with Crippen LogP contribution in [0, 0.1) is 34.5 Å². The van der Waals surface area contributed by atoms with E-state index in [1.807, 2.05) is 18.2 Å². The smallest absolute Gasteiger partial charge is 0.184 e. The summed E-state index contributed by atoms with van der Waals surface area (Å²) in [5.41, 5.74) is 2.27. The van der Waals surface area contributed by atoms with Crippen LogP contribution in [0.3, 0.4) is 0 Å². The molecule has 4 aliphatic rings. The van der Waals surface area contributed by atoms with Crippen molar-refractivity contribution >= 4 is 19.8 Å². The highest BCUT2D eigenvalue weighted by molar-refractivity contribution is 6.69. The molecule has 0 aliphatic heterocycles. The van der Waals surface area contributed by atoms with Crippen LogP contribution in [-0.4, -0.2) is 25.9 Å². The van der Waals surface area contributed by atoms with E-state index in [9.17, 15) is 4.79 Å². The molecule has 4 aliphatic carbocycles. The van der Waals surface area contributed by atoms with Crippen LogP contribution >= 0.6 is 0 Å². The molecular formula is C29H43NO3Si. The quantitative estimate of drug-likeness (QED) is 0.336. The SMILES string of the molecule is C[C@]12CCC(O[Si](C)(C)C)CC1CC[C@@H]1[C@@H]2C(=O)C[C@]2(C)/C(=N/OCc3ccccc3)CC[C@@H]12. The number of oxime groups is 1. The van der Waals surface area contributed by atoms with Gasteiger partial charge in [0.1, 0.15) is 12.4 Å². The Labute approximate surface area is 207 Å². The minimum absolute atomic E-state index is 0.129. The highest BCUT2D eigenvalue weighted by Gasteiger charge is 2.63. The maximum Gasteiger partial charge on any atom is 0.184 e. The summed E-state index contributed by atoms with van der Waals surface area (Å²) < 4.78 is 6.53. The largest absolute Gasteiger partial charge is 0.415 e. The summed E-state index contributed by atoms with van der Waals surface area (Å²) in [7, 11) is -1.53. The van der Waals surface area contributed by atoms with Crippen molar-refractivity contribution in [2.75, 3.05) is 0 Å². The number of benzene rings is 1. The predicted octanol–water partition coefficient (Wildman–Crippen LogP) is 7.00. The summed E-state index contributed by atoms with van der Waals surface area (Å²) >= 11 is 0. The van der Waals surface area contributed by atoms with Gasteiger partial charge in [-0.05, 0) is 93.3 Å². The maximum absolute atomic E-state index is 13.9. The minimum atomic E-state index is -1.53. The van der Waals surface area contributed by atoms with Crippen molar-refractivity contribution in [1.82, 2.24) is 0 Å². The summed E-state index contributed by atoms with van der Waals surface area (Å²) in [6.07, 6.45) is 9.02. The van der Waals surface area contributed by atoms with E-state index in [-0.39, 0.29) is 16.7 Å². The standard InChI is InChI=1S/C29H43NO3Si/c1-28-16-15-22(33-34(3,4)5)17-21(28)11-12-23-24-13-14-26(29(24,2)18-25(31)27(23)28)30-32-19-20-9-7-6-8-10-20/h6-10,21-24,27H,11-19H2,1-5H3/b30-26+/t21?,22?,23-,24-,27+,28-,29-/m0/s1. The van der Waals surface area contributed by atoms with Gasteiger partial charge in [0.2, 0.25) is 0 Å². The van der Waals surface area contributed by atoms with Gasteiger partial charge in [0.25, 0.3) is 0 Å². The Morgan fingerprint density at radius 1 is 1.06 bits per heavy atom. The van der Waals surface area contributed by atoms with E-state index in [0.29, 0.717) is 42.7 Å². The van der Waals surface area contributed by atoms with E-state index in [1.165, 1.54) is 12.8 Å². The summed E-state index contributed by atoms with van der Waals surface area (Å²) in [5, 5.41) is 4.64. The summed E-state index contributed by atoms with van der Waals surface area (Å²) in [4.78, 5) is 19.7. The van der Waals surface area contributed by atoms with Crippen LogP contribution in [0.25, 0.3) is 0 Å². The van der Waals surface area contributed by atoms with E-state index in [4.69, 9.17) is 9.26 Å². The van der Waals surface area contributed by atoms with Gasteiger partial charge in [-0.3, -0.25) is 4.79 Å². The number of hydrogen-bond acceptors (Lipinski definition) is 4. The lowest BCUT2D eigenvalue weighted by Crippen LogP contribution is -2.58. The molecule has 0 radical (unpaired) electrons. The minimum Gasteiger partial charge on any atom is -0.415 e. The number of fused-ring (bicyclic) bond motifs is 5. The van der Waals surface area contributed by atoms with Gasteiger partial charge in [-0.1, -0.05) is 49.3 Å². The highest BCUT2D eigenvalue weighted by atomic mass is 28.4. The molecule has 2 unspecified atom stereocenters. The maximum atomic E-state index is 13.9. The number of ketones is 1. The molecule has 0 spiro atoms. The zero-order chi connectivity index (χ0) is 24.1. The van der Waals surface area contributed by atoms with E-state index in [0.717, 1.165) is 43.4 Å². The fourth-order valence-corrected chi connectivity index (χ4v) is 9.56. The molecule has 0 amide bonds. The first-order chi connectivity index (χ1) is 16.1. The van der Waals surface area contributed by atoms with Crippen LogP contribution < -0.4 is 0 Å². The molecular weight excluding hydrogens is 438 g/mol. The van der Waals surface area contributed by atoms with E-state index >= 15 is 0 Å². The van der Waals surface area contributed by atoms with Gasteiger partial charge in [-0.25, -0.2) is 0 Å². The molecule has 4 nitrogen and oxygen atoms in total. The lowest BCUT2D eigenvalue weighted by atomic mass is 9.45. The molecule has 4 fully saturated rings. The Balaban J connectivity index is 1.31. The first-order valence-electron chi connectivity index (χ1n) is 13.5. The molecule has 0 N–H and O–H groups in total. The summed E-state index contributed by atoms with van der Waals surface area (Å²) in [6, 6.07) is 10.2. The van der Waals surface area contributed by atoms with Crippen molar-refractivity contribution in [2.24, 2.45) is 39.7 Å². The Morgan fingerprint density at radius 2 is 1.82 bits per heavy atom. The third-order valence-corrected chi connectivity index (χ3v) is 10.9. The van der Waals surface area contributed by atoms with Crippen molar-refractivity contribution in [2.45, 2.75) is 97.6 Å². The van der Waals surface area contributed by atoms with Crippen LogP contribution in [0.1, 0.15) is 70.8 Å². The van der Waals surface area contributed by atoms with Crippen LogP contribution in [0.5, 0.6) is 0 Å². The molecule has 5 heteroatoms. The van der Waals surface area contributed by atoms with E-state index < -0.39 is 8.32 Å². The molecule has 186 valence electrons. The van der Waals surface area contributed by atoms with Gasteiger partial charge in [-0.2, -0.15) is 0 Å². The number of Topliss-reactive ketones (excluding diaryl/α,β-unsaturated/α-hetero) is 1. The second kappa shape index (κ2) is 8.88. The van der Waals surface area contributed by atoms with E-state index in [1.54, 1.807) is 0 Å². The Morgan fingerprint density at radius 3 is 2.56 bits per heavy atom. The lowest BCUT2D eigenvalue weighted by molar-refractivity contribution is -0.155. The van der Waals surface area contributed by atoms with Crippen LogP contribution in [0.2, 0.25) is 19.6 Å². The Kier molecular flexibility index (Phi) is 6.33. The van der Waals surface area contributed by atoms with Crippen molar-refractivity contribution in [3.63, 3.8) is 0 Å². The third-order valence-electron chi connectivity index (χ3n) is 9.82. The van der Waals surface area contributed by atoms with Crippen LogP contribution in [0.4, 0.5) is 0 Å². The molecule has 4 saturated carbocycles. The van der Waals surface area contributed by atoms with Gasteiger partial charge in [-0.15, -0.1) is 0 Å². The first kappa shape index (κ1) is 24.2. The summed E-state index contributed by atoms with van der Waals surface area (Å²) in [6.45, 7) is 12.1. The van der Waals surface area contributed by atoms with Gasteiger partial charge >= 0.3 is 0 Å². The number of carbonyl (C=O) groups excluding carboxylic acids is 1. The van der Waals surface area contributed by atoms with Gasteiger partial charge in [0.05, 0.1) is 5.71 Å². The highest BCUT2D eigenvalue weighted by Crippen LogP contribution is 2.64. The van der Waals surface area contributed by atoms with Crippen molar-refractivity contribution in [3.8, 4) is 0 Å². The molecule has 1 aromatic rings. The summed E-state index contributed by atoms with van der Waals surface area (Å²) in [5.74, 6) is 2.41. The molecule has 0 bridgehead atoms. The fourth-order valence-electron chi connectivity index (χ4n) is 8.34. The molecule has 34 heavy (non-hydrogen) atoms. The average molecular weight is 482 g/mol. The zero-order valence-electron chi connectivity index (χ0n) is 21.8. The molecule has 0 aromatic heterocycles. The van der Waals surface area contributed by atoms with Crippen LogP contribution in [-0.2, 0) is 20.7 Å². The van der Waals surface area contributed by atoms with Crippen molar-refractivity contribution < 1.29 is 14.1 Å². The normalized spacial score (nSPS) is 41.0. The fraction of sp³-hybridized carbons (Fsp3) is 0.724. The second-order valence-electron chi connectivity index (χ2n) is 13.1. The zero-order valence-corrected chi connectivity index (χ0v) is 22.8. The molecule has 5 rings (SSSR count). The van der Waals surface area contributed by atoms with Crippen LogP contribution in [0.15, 0.2) is 35.5 Å². The average Bonchev–Trinajstić information content (AvgIpc) is 3.09. The van der Waals surface area contributed by atoms with Crippen molar-refractivity contribution in [1.29, 1.82) is 0 Å². The first-order valence-corrected chi connectivity index (χ1v) is 16.9. The van der Waals surface area contributed by atoms with Crippen molar-refractivity contribution in [3.05, 3.63) is 35.9 Å². The molecule has 1 aromatic carbocycles. The molecule has 0 saturated heterocycles. The Hall–Kier alpha value is -1.46. The second-order valence-corrected chi connectivity index (χ2v) is 17.5. The molecule has 7 atom stereocenters. The third kappa shape index (κ3) is 4.32. The number of hydrogen-bond donors (Lipinski definition) is 0. The number of rotatable bonds is 5. The molecule has 0 heterocycles. The number of nitrogens with zero attached hydrogens (tertiary/aromatic N) is 1. The van der Waals surface area contributed by atoms with E-state index in [2.05, 4.69) is 50.8 Å². The topological polar surface area (TPSA) is 47.9 Å². The van der Waals surface area contributed by atoms with Gasteiger partial charge in [0.15, 0.2) is 8.32 Å².